The minimum atomic E-state index is -0.933. The number of carboxylic acids is 1. The Labute approximate surface area is 158 Å². The molecular formula is C20H24N2O5. The van der Waals surface area contributed by atoms with Gasteiger partial charge in [0.05, 0.1) is 19.9 Å². The molecule has 2 aromatic rings. The number of aliphatic carboxylic acids is 1. The van der Waals surface area contributed by atoms with Crippen LogP contribution in [-0.2, 0) is 4.79 Å². The van der Waals surface area contributed by atoms with Crippen LogP contribution in [0, 0.1) is 0 Å². The lowest BCUT2D eigenvalue weighted by Gasteiger charge is -2.39. The quantitative estimate of drug-likeness (QED) is 0.805. The molecule has 0 saturated carbocycles. The number of methoxy groups -OCH3 is 2. The second-order valence-electron chi connectivity index (χ2n) is 6.36. The summed E-state index contributed by atoms with van der Waals surface area (Å²) >= 11 is 0. The first-order chi connectivity index (χ1) is 13.0. The molecule has 0 unspecified atom stereocenters. The topological polar surface area (TPSA) is 82.5 Å². The van der Waals surface area contributed by atoms with E-state index in [1.54, 1.807) is 37.4 Å². The van der Waals surface area contributed by atoms with Gasteiger partial charge in [0.15, 0.2) is 0 Å². The highest BCUT2D eigenvalue weighted by Gasteiger charge is 2.33. The molecule has 1 atom stereocenters. The van der Waals surface area contributed by atoms with Gasteiger partial charge in [-0.2, -0.15) is 0 Å². The molecular weight excluding hydrogens is 348 g/mol. The summed E-state index contributed by atoms with van der Waals surface area (Å²) in [6, 6.07) is 11.5. The molecule has 0 aliphatic carbocycles. The number of phenols is 1. The number of benzene rings is 2. The van der Waals surface area contributed by atoms with Gasteiger partial charge in [0.25, 0.3) is 0 Å². The number of phenolic OH excluding ortho intramolecular Hbond substituents is 1. The van der Waals surface area contributed by atoms with Crippen LogP contribution in [0.15, 0.2) is 42.5 Å². The fourth-order valence-corrected chi connectivity index (χ4v) is 3.49. The number of carboxylic acid groups (broad SMARTS) is 1. The van der Waals surface area contributed by atoms with Crippen molar-refractivity contribution < 1.29 is 24.5 Å². The van der Waals surface area contributed by atoms with E-state index in [4.69, 9.17) is 9.47 Å². The number of piperazine rings is 1. The molecule has 0 bridgehead atoms. The fraction of sp³-hybridized carbons (Fsp3) is 0.350. The second-order valence-corrected chi connectivity index (χ2v) is 6.36. The van der Waals surface area contributed by atoms with Gasteiger partial charge in [0.1, 0.15) is 23.3 Å². The van der Waals surface area contributed by atoms with Crippen molar-refractivity contribution in [3.8, 4) is 17.2 Å². The van der Waals surface area contributed by atoms with Crippen molar-refractivity contribution in [3.05, 3.63) is 48.0 Å². The highest BCUT2D eigenvalue weighted by Crippen LogP contribution is 2.34. The van der Waals surface area contributed by atoms with E-state index in [2.05, 4.69) is 4.90 Å². The molecule has 0 aromatic heterocycles. The zero-order valence-electron chi connectivity index (χ0n) is 15.5. The van der Waals surface area contributed by atoms with Crippen molar-refractivity contribution in [1.82, 2.24) is 4.90 Å². The Morgan fingerprint density at radius 3 is 2.33 bits per heavy atom. The van der Waals surface area contributed by atoms with E-state index in [1.807, 2.05) is 17.0 Å². The maximum Gasteiger partial charge on any atom is 0.325 e. The van der Waals surface area contributed by atoms with Gasteiger partial charge >= 0.3 is 5.97 Å². The van der Waals surface area contributed by atoms with Crippen molar-refractivity contribution in [3.63, 3.8) is 0 Å². The SMILES string of the molecule is COc1ccc(OC)c([C@@H](C(=O)O)N2CCN(c3ccccc3O)CC2)c1. The molecule has 1 saturated heterocycles. The van der Waals surface area contributed by atoms with Crippen LogP contribution in [0.5, 0.6) is 17.2 Å². The van der Waals surface area contributed by atoms with E-state index in [-0.39, 0.29) is 5.75 Å². The molecule has 144 valence electrons. The van der Waals surface area contributed by atoms with Crippen LogP contribution in [-0.4, -0.2) is 61.5 Å². The molecule has 1 aliphatic heterocycles. The van der Waals surface area contributed by atoms with Gasteiger partial charge in [-0.3, -0.25) is 9.69 Å². The number of ether oxygens (including phenoxy) is 2. The van der Waals surface area contributed by atoms with E-state index in [0.29, 0.717) is 43.2 Å². The summed E-state index contributed by atoms with van der Waals surface area (Å²) in [5.41, 5.74) is 1.34. The van der Waals surface area contributed by atoms with Crippen LogP contribution in [0.1, 0.15) is 11.6 Å². The maximum absolute atomic E-state index is 12.1. The van der Waals surface area contributed by atoms with Gasteiger partial charge in [-0.1, -0.05) is 12.1 Å². The Morgan fingerprint density at radius 1 is 1.04 bits per heavy atom. The van der Waals surface area contributed by atoms with Gasteiger partial charge in [-0.05, 0) is 30.3 Å². The summed E-state index contributed by atoms with van der Waals surface area (Å²) in [5, 5.41) is 19.9. The molecule has 0 radical (unpaired) electrons. The van der Waals surface area contributed by atoms with Gasteiger partial charge in [0, 0.05) is 31.7 Å². The standard InChI is InChI=1S/C20H24N2O5/c1-26-14-7-8-18(27-2)15(13-14)19(20(24)25)22-11-9-21(10-12-22)16-5-3-4-6-17(16)23/h3-8,13,19,23H,9-12H2,1-2H3,(H,24,25)/t19-/m0/s1. The Kier molecular flexibility index (Phi) is 5.71. The lowest BCUT2D eigenvalue weighted by atomic mass is 10.0. The van der Waals surface area contributed by atoms with Crippen LogP contribution in [0.3, 0.4) is 0 Å². The fourth-order valence-electron chi connectivity index (χ4n) is 3.49. The van der Waals surface area contributed by atoms with Crippen LogP contribution in [0.4, 0.5) is 5.69 Å². The Hall–Kier alpha value is -2.93. The van der Waals surface area contributed by atoms with Crippen molar-refractivity contribution in [2.75, 3.05) is 45.3 Å². The van der Waals surface area contributed by atoms with Crippen LogP contribution in [0.25, 0.3) is 0 Å². The number of rotatable bonds is 6. The van der Waals surface area contributed by atoms with Crippen molar-refractivity contribution in [1.29, 1.82) is 0 Å². The van der Waals surface area contributed by atoms with Gasteiger partial charge in [-0.25, -0.2) is 0 Å². The van der Waals surface area contributed by atoms with Gasteiger partial charge < -0.3 is 24.6 Å². The molecule has 2 N–H and O–H groups in total. The van der Waals surface area contributed by atoms with Crippen LogP contribution >= 0.6 is 0 Å². The maximum atomic E-state index is 12.1. The molecule has 0 spiro atoms. The minimum Gasteiger partial charge on any atom is -0.506 e. The Balaban J connectivity index is 1.82. The number of carbonyl (C=O) groups is 1. The van der Waals surface area contributed by atoms with Crippen molar-refractivity contribution >= 4 is 11.7 Å². The number of hydrogen-bond acceptors (Lipinski definition) is 6. The van der Waals surface area contributed by atoms with Crippen molar-refractivity contribution in [2.24, 2.45) is 0 Å². The third-order valence-corrected chi connectivity index (χ3v) is 4.87. The summed E-state index contributed by atoms with van der Waals surface area (Å²) < 4.78 is 10.6. The average Bonchev–Trinajstić information content (AvgIpc) is 2.69. The number of hydrogen-bond donors (Lipinski definition) is 2. The predicted molar refractivity (Wildman–Crippen MR) is 102 cm³/mol. The molecule has 1 heterocycles. The first-order valence-electron chi connectivity index (χ1n) is 8.77. The highest BCUT2D eigenvalue weighted by molar-refractivity contribution is 5.77. The third-order valence-electron chi connectivity index (χ3n) is 4.87. The number of aromatic hydroxyl groups is 1. The molecule has 1 fully saturated rings. The monoisotopic (exact) mass is 372 g/mol. The van der Waals surface area contributed by atoms with Gasteiger partial charge in [0.2, 0.25) is 0 Å². The minimum absolute atomic E-state index is 0.232. The highest BCUT2D eigenvalue weighted by atomic mass is 16.5. The smallest absolute Gasteiger partial charge is 0.325 e. The summed E-state index contributed by atoms with van der Waals surface area (Å²) in [6.45, 7) is 2.33. The van der Waals surface area contributed by atoms with E-state index >= 15 is 0 Å². The molecule has 27 heavy (non-hydrogen) atoms. The molecule has 0 amide bonds. The zero-order valence-corrected chi connectivity index (χ0v) is 15.5. The van der Waals surface area contributed by atoms with Crippen LogP contribution < -0.4 is 14.4 Å². The molecule has 2 aromatic carbocycles. The van der Waals surface area contributed by atoms with Crippen LogP contribution in [0.2, 0.25) is 0 Å². The predicted octanol–water partition coefficient (Wildman–Crippen LogP) is 2.36. The van der Waals surface area contributed by atoms with E-state index in [1.165, 1.54) is 7.11 Å². The molecule has 7 heteroatoms. The molecule has 1 aliphatic rings. The lowest BCUT2D eigenvalue weighted by molar-refractivity contribution is -0.143. The first-order valence-corrected chi connectivity index (χ1v) is 8.77. The van der Waals surface area contributed by atoms with Gasteiger partial charge in [-0.15, -0.1) is 0 Å². The summed E-state index contributed by atoms with van der Waals surface area (Å²) in [7, 11) is 3.08. The normalized spacial score (nSPS) is 16.0. The lowest BCUT2D eigenvalue weighted by Crippen LogP contribution is -2.49. The first kappa shape index (κ1) is 18.8. The second kappa shape index (κ2) is 8.18. The number of para-hydroxylation sites is 2. The van der Waals surface area contributed by atoms with Crippen molar-refractivity contribution in [2.45, 2.75) is 6.04 Å². The van der Waals surface area contributed by atoms with E-state index in [0.717, 1.165) is 5.69 Å². The Bertz CT molecular complexity index is 803. The molecule has 7 nitrogen and oxygen atoms in total. The summed E-state index contributed by atoms with van der Waals surface area (Å²) in [5.74, 6) is 0.406. The average molecular weight is 372 g/mol. The zero-order chi connectivity index (χ0) is 19.4. The summed E-state index contributed by atoms with van der Waals surface area (Å²) in [4.78, 5) is 16.1. The number of anilines is 1. The molecule has 3 rings (SSSR count). The number of nitrogens with zero attached hydrogens (tertiary/aromatic N) is 2. The van der Waals surface area contributed by atoms with E-state index in [9.17, 15) is 15.0 Å². The Morgan fingerprint density at radius 2 is 1.74 bits per heavy atom. The third kappa shape index (κ3) is 3.93. The van der Waals surface area contributed by atoms with E-state index < -0.39 is 12.0 Å². The summed E-state index contributed by atoms with van der Waals surface area (Å²) in [6.07, 6.45) is 0. The largest absolute Gasteiger partial charge is 0.506 e.